The van der Waals surface area contributed by atoms with Crippen LogP contribution in [0, 0.1) is 0 Å². The van der Waals surface area contributed by atoms with E-state index in [2.05, 4.69) is 5.32 Å². The van der Waals surface area contributed by atoms with Crippen LogP contribution in [0.15, 0.2) is 24.3 Å². The molecule has 0 heterocycles. The van der Waals surface area contributed by atoms with Crippen molar-refractivity contribution >= 4 is 11.9 Å². The molecule has 0 radical (unpaired) electrons. The van der Waals surface area contributed by atoms with Gasteiger partial charge in [0, 0.05) is 7.11 Å². The fourth-order valence-electron chi connectivity index (χ4n) is 2.01. The molecule has 5 nitrogen and oxygen atoms in total. The molecular formula is C14H17NO4. The SMILES string of the molecule is COCc1cccc(CC(=O)NC2(C(=O)O)CC2)c1. The molecule has 1 aliphatic carbocycles. The van der Waals surface area contributed by atoms with Gasteiger partial charge in [-0.25, -0.2) is 4.79 Å². The van der Waals surface area contributed by atoms with Crippen molar-refractivity contribution in [1.29, 1.82) is 0 Å². The number of carboxylic acid groups (broad SMARTS) is 1. The number of carbonyl (C=O) groups is 2. The lowest BCUT2D eigenvalue weighted by atomic mass is 10.1. The molecular weight excluding hydrogens is 246 g/mol. The molecule has 0 spiro atoms. The third-order valence-corrected chi connectivity index (χ3v) is 3.21. The van der Waals surface area contributed by atoms with Crippen LogP contribution in [0.5, 0.6) is 0 Å². The average Bonchev–Trinajstić information content (AvgIpc) is 3.10. The summed E-state index contributed by atoms with van der Waals surface area (Å²) < 4.78 is 5.03. The number of rotatable bonds is 6. The first-order chi connectivity index (χ1) is 9.05. The highest BCUT2D eigenvalue weighted by molar-refractivity contribution is 5.90. The van der Waals surface area contributed by atoms with E-state index in [9.17, 15) is 9.59 Å². The Labute approximate surface area is 111 Å². The predicted octanol–water partition coefficient (Wildman–Crippen LogP) is 1.11. The second-order valence-corrected chi connectivity index (χ2v) is 4.87. The Morgan fingerprint density at radius 1 is 1.37 bits per heavy atom. The van der Waals surface area contributed by atoms with Gasteiger partial charge >= 0.3 is 5.97 Å². The molecule has 0 atom stereocenters. The average molecular weight is 263 g/mol. The summed E-state index contributed by atoms with van der Waals surface area (Å²) in [6, 6.07) is 7.52. The second kappa shape index (κ2) is 5.40. The molecule has 2 rings (SSSR count). The maximum atomic E-state index is 11.8. The number of carboxylic acids is 1. The van der Waals surface area contributed by atoms with Crippen molar-refractivity contribution in [2.45, 2.75) is 31.4 Å². The van der Waals surface area contributed by atoms with Gasteiger partial charge in [0.15, 0.2) is 0 Å². The summed E-state index contributed by atoms with van der Waals surface area (Å²) in [5.74, 6) is -1.21. The van der Waals surface area contributed by atoms with E-state index in [1.54, 1.807) is 7.11 Å². The number of ether oxygens (including phenoxy) is 1. The Morgan fingerprint density at radius 2 is 2.05 bits per heavy atom. The smallest absolute Gasteiger partial charge is 0.329 e. The minimum Gasteiger partial charge on any atom is -0.480 e. The maximum Gasteiger partial charge on any atom is 0.329 e. The number of amides is 1. The molecule has 5 heteroatoms. The lowest BCUT2D eigenvalue weighted by Gasteiger charge is -2.12. The zero-order chi connectivity index (χ0) is 13.9. The third-order valence-electron chi connectivity index (χ3n) is 3.21. The minimum absolute atomic E-state index is 0.187. The van der Waals surface area contributed by atoms with Crippen LogP contribution in [0.1, 0.15) is 24.0 Å². The van der Waals surface area contributed by atoms with E-state index in [1.807, 2.05) is 24.3 Å². The van der Waals surface area contributed by atoms with Crippen LogP contribution in [0.25, 0.3) is 0 Å². The number of carbonyl (C=O) groups excluding carboxylic acids is 1. The Kier molecular flexibility index (Phi) is 3.85. The highest BCUT2D eigenvalue weighted by Crippen LogP contribution is 2.35. The summed E-state index contributed by atoms with van der Waals surface area (Å²) >= 11 is 0. The van der Waals surface area contributed by atoms with E-state index in [4.69, 9.17) is 9.84 Å². The molecule has 1 fully saturated rings. The van der Waals surface area contributed by atoms with Crippen LogP contribution >= 0.6 is 0 Å². The van der Waals surface area contributed by atoms with Gasteiger partial charge in [-0.15, -0.1) is 0 Å². The first-order valence-corrected chi connectivity index (χ1v) is 6.17. The normalized spacial score (nSPS) is 15.8. The fraction of sp³-hybridized carbons (Fsp3) is 0.429. The molecule has 2 N–H and O–H groups in total. The van der Waals surface area contributed by atoms with Crippen molar-refractivity contribution in [3.8, 4) is 0 Å². The monoisotopic (exact) mass is 263 g/mol. The molecule has 102 valence electrons. The summed E-state index contributed by atoms with van der Waals surface area (Å²) in [4.78, 5) is 22.8. The van der Waals surface area contributed by atoms with Crippen molar-refractivity contribution in [3.63, 3.8) is 0 Å². The molecule has 0 bridgehead atoms. The third kappa shape index (κ3) is 3.32. The van der Waals surface area contributed by atoms with Crippen LogP contribution in [-0.2, 0) is 27.4 Å². The molecule has 1 aromatic carbocycles. The van der Waals surface area contributed by atoms with Gasteiger partial charge < -0.3 is 15.2 Å². The molecule has 0 aliphatic heterocycles. The quantitative estimate of drug-likeness (QED) is 0.806. The van der Waals surface area contributed by atoms with Crippen molar-refractivity contribution in [1.82, 2.24) is 5.32 Å². The molecule has 0 aromatic heterocycles. The van der Waals surface area contributed by atoms with E-state index in [0.29, 0.717) is 19.4 Å². The topological polar surface area (TPSA) is 75.6 Å². The van der Waals surface area contributed by atoms with Gasteiger partial charge in [-0.05, 0) is 24.0 Å². The summed E-state index contributed by atoms with van der Waals surface area (Å²) in [6.07, 6.45) is 1.21. The molecule has 1 amide bonds. The van der Waals surface area contributed by atoms with Gasteiger partial charge in [-0.3, -0.25) is 4.79 Å². The Bertz CT molecular complexity index is 494. The first kappa shape index (κ1) is 13.5. The van der Waals surface area contributed by atoms with Gasteiger partial charge in [0.2, 0.25) is 5.91 Å². The van der Waals surface area contributed by atoms with E-state index in [0.717, 1.165) is 11.1 Å². The highest BCUT2D eigenvalue weighted by atomic mass is 16.5. The van der Waals surface area contributed by atoms with Gasteiger partial charge in [-0.1, -0.05) is 24.3 Å². The van der Waals surface area contributed by atoms with Crippen LogP contribution in [-0.4, -0.2) is 29.6 Å². The van der Waals surface area contributed by atoms with Gasteiger partial charge in [0.1, 0.15) is 5.54 Å². The largest absolute Gasteiger partial charge is 0.480 e. The number of benzene rings is 1. The second-order valence-electron chi connectivity index (χ2n) is 4.87. The molecule has 0 saturated heterocycles. The minimum atomic E-state index is -1.01. The number of hydrogen-bond acceptors (Lipinski definition) is 3. The predicted molar refractivity (Wildman–Crippen MR) is 68.6 cm³/mol. The highest BCUT2D eigenvalue weighted by Gasteiger charge is 2.51. The zero-order valence-electron chi connectivity index (χ0n) is 10.8. The lowest BCUT2D eigenvalue weighted by Crippen LogP contribution is -2.43. The number of nitrogens with one attached hydrogen (secondary N) is 1. The van der Waals surface area contributed by atoms with Gasteiger partial charge in [-0.2, -0.15) is 0 Å². The Balaban J connectivity index is 1.95. The van der Waals surface area contributed by atoms with Crippen molar-refractivity contribution in [3.05, 3.63) is 35.4 Å². The molecule has 19 heavy (non-hydrogen) atoms. The molecule has 1 saturated carbocycles. The summed E-state index contributed by atoms with van der Waals surface area (Å²) in [7, 11) is 1.61. The lowest BCUT2D eigenvalue weighted by molar-refractivity contribution is -0.143. The number of aliphatic carboxylic acids is 1. The van der Waals surface area contributed by atoms with Gasteiger partial charge in [0.05, 0.1) is 13.0 Å². The summed E-state index contributed by atoms with van der Waals surface area (Å²) in [5, 5.41) is 11.6. The van der Waals surface area contributed by atoms with Crippen molar-refractivity contribution in [2.24, 2.45) is 0 Å². The number of hydrogen-bond donors (Lipinski definition) is 2. The molecule has 1 aromatic rings. The van der Waals surface area contributed by atoms with Crippen LogP contribution in [0.2, 0.25) is 0 Å². The fourth-order valence-corrected chi connectivity index (χ4v) is 2.01. The van der Waals surface area contributed by atoms with Crippen molar-refractivity contribution < 1.29 is 19.4 Å². The Hall–Kier alpha value is -1.88. The standard InChI is InChI=1S/C14H17NO4/c1-19-9-11-4-2-3-10(7-11)8-12(16)15-14(5-6-14)13(17)18/h2-4,7H,5-6,8-9H2,1H3,(H,15,16)(H,17,18). The molecule has 0 unspecified atom stereocenters. The van der Waals surface area contributed by atoms with Crippen LogP contribution in [0.3, 0.4) is 0 Å². The van der Waals surface area contributed by atoms with E-state index in [-0.39, 0.29) is 12.3 Å². The zero-order valence-corrected chi connectivity index (χ0v) is 10.8. The first-order valence-electron chi connectivity index (χ1n) is 6.17. The summed E-state index contributed by atoms with van der Waals surface area (Å²) in [5.41, 5.74) is 0.835. The van der Waals surface area contributed by atoms with E-state index >= 15 is 0 Å². The molecule has 1 aliphatic rings. The van der Waals surface area contributed by atoms with Gasteiger partial charge in [0.25, 0.3) is 0 Å². The van der Waals surface area contributed by atoms with Crippen molar-refractivity contribution in [2.75, 3.05) is 7.11 Å². The Morgan fingerprint density at radius 3 is 2.63 bits per heavy atom. The maximum absolute atomic E-state index is 11.8. The van der Waals surface area contributed by atoms with E-state index in [1.165, 1.54) is 0 Å². The number of methoxy groups -OCH3 is 1. The van der Waals surface area contributed by atoms with E-state index < -0.39 is 11.5 Å². The van der Waals surface area contributed by atoms with Crippen LogP contribution < -0.4 is 5.32 Å². The summed E-state index contributed by atoms with van der Waals surface area (Å²) in [6.45, 7) is 0.495. The van der Waals surface area contributed by atoms with Crippen LogP contribution in [0.4, 0.5) is 0 Å².